The highest BCUT2D eigenvalue weighted by molar-refractivity contribution is 4.92. The Morgan fingerprint density at radius 3 is 2.59 bits per heavy atom. The van der Waals surface area contributed by atoms with Crippen molar-refractivity contribution in [2.24, 2.45) is 23.2 Å². The van der Waals surface area contributed by atoms with E-state index in [0.717, 1.165) is 17.8 Å². The van der Waals surface area contributed by atoms with Gasteiger partial charge in [-0.25, -0.2) is 0 Å². The molecule has 0 bridgehead atoms. The van der Waals surface area contributed by atoms with E-state index in [1.165, 1.54) is 57.8 Å². The van der Waals surface area contributed by atoms with Gasteiger partial charge in [-0.3, -0.25) is 0 Å². The molecule has 128 valence electrons. The molecule has 0 aromatic heterocycles. The molecule has 3 atom stereocenters. The second-order valence-corrected chi connectivity index (χ2v) is 8.28. The SMILES string of the molecule is CC=CCC(C)(C)C1CCCC(CCC)C=CCC(C)CC1. The molecule has 1 aliphatic carbocycles. The van der Waals surface area contributed by atoms with Crippen LogP contribution in [0.15, 0.2) is 24.3 Å². The van der Waals surface area contributed by atoms with Crippen molar-refractivity contribution < 1.29 is 0 Å². The molecule has 0 radical (unpaired) electrons. The summed E-state index contributed by atoms with van der Waals surface area (Å²) in [6.45, 7) is 11.9. The van der Waals surface area contributed by atoms with Gasteiger partial charge in [0.25, 0.3) is 0 Å². The quantitative estimate of drug-likeness (QED) is 0.460. The van der Waals surface area contributed by atoms with Crippen LogP contribution in [0.1, 0.15) is 92.4 Å². The molecule has 0 aromatic carbocycles. The van der Waals surface area contributed by atoms with Gasteiger partial charge in [0, 0.05) is 0 Å². The smallest absolute Gasteiger partial charge is 0.0234 e. The van der Waals surface area contributed by atoms with E-state index >= 15 is 0 Å². The highest BCUT2D eigenvalue weighted by atomic mass is 14.3. The highest BCUT2D eigenvalue weighted by Gasteiger charge is 2.28. The Bertz CT molecular complexity index is 334. The Balaban J connectivity index is 2.72. The van der Waals surface area contributed by atoms with Gasteiger partial charge >= 0.3 is 0 Å². The summed E-state index contributed by atoms with van der Waals surface area (Å²) in [5, 5.41) is 0. The number of rotatable bonds is 5. The zero-order chi connectivity index (χ0) is 16.4. The van der Waals surface area contributed by atoms with Crippen LogP contribution in [-0.4, -0.2) is 0 Å². The summed E-state index contributed by atoms with van der Waals surface area (Å²) in [4.78, 5) is 0. The molecule has 0 aliphatic heterocycles. The molecule has 0 fully saturated rings. The van der Waals surface area contributed by atoms with Gasteiger partial charge in [-0.2, -0.15) is 0 Å². The fourth-order valence-corrected chi connectivity index (χ4v) is 3.95. The van der Waals surface area contributed by atoms with E-state index in [2.05, 4.69) is 58.9 Å². The molecule has 3 unspecified atom stereocenters. The summed E-state index contributed by atoms with van der Waals surface area (Å²) >= 11 is 0. The van der Waals surface area contributed by atoms with Crippen molar-refractivity contribution in [1.82, 2.24) is 0 Å². The van der Waals surface area contributed by atoms with Crippen molar-refractivity contribution in [2.45, 2.75) is 92.4 Å². The lowest BCUT2D eigenvalue weighted by atomic mass is 9.71. The lowest BCUT2D eigenvalue weighted by Crippen LogP contribution is -2.24. The van der Waals surface area contributed by atoms with Crippen LogP contribution in [0.5, 0.6) is 0 Å². The fraction of sp³-hybridized carbons (Fsp3) is 0.818. The van der Waals surface area contributed by atoms with E-state index in [1.807, 2.05) is 0 Å². The third-order valence-electron chi connectivity index (χ3n) is 5.73. The predicted molar refractivity (Wildman–Crippen MR) is 101 cm³/mol. The molecule has 0 heteroatoms. The molecule has 0 saturated heterocycles. The highest BCUT2D eigenvalue weighted by Crippen LogP contribution is 2.39. The Morgan fingerprint density at radius 1 is 1.14 bits per heavy atom. The van der Waals surface area contributed by atoms with Gasteiger partial charge in [-0.15, -0.1) is 0 Å². The average molecular weight is 305 g/mol. The van der Waals surface area contributed by atoms with Crippen molar-refractivity contribution in [3.8, 4) is 0 Å². The van der Waals surface area contributed by atoms with Crippen molar-refractivity contribution in [3.63, 3.8) is 0 Å². The van der Waals surface area contributed by atoms with E-state index in [-0.39, 0.29) is 0 Å². The van der Waals surface area contributed by atoms with Crippen molar-refractivity contribution >= 4 is 0 Å². The zero-order valence-corrected chi connectivity index (χ0v) is 15.9. The molecule has 0 spiro atoms. The molecule has 0 heterocycles. The monoisotopic (exact) mass is 304 g/mol. The first-order chi connectivity index (χ1) is 10.5. The first-order valence-corrected chi connectivity index (χ1v) is 9.77. The normalized spacial score (nSPS) is 28.7. The maximum Gasteiger partial charge on any atom is -0.0234 e. The topological polar surface area (TPSA) is 0 Å². The molecule has 1 rings (SSSR count). The molecule has 1 aliphatic rings. The van der Waals surface area contributed by atoms with Gasteiger partial charge in [-0.1, -0.05) is 71.3 Å². The average Bonchev–Trinajstić information content (AvgIpc) is 2.51. The predicted octanol–water partition coefficient (Wildman–Crippen LogP) is 7.56. The molecule has 0 amide bonds. The lowest BCUT2D eigenvalue weighted by Gasteiger charge is -2.35. The number of hydrogen-bond donors (Lipinski definition) is 0. The number of hydrogen-bond acceptors (Lipinski definition) is 0. The first-order valence-electron chi connectivity index (χ1n) is 9.77. The van der Waals surface area contributed by atoms with Gasteiger partial charge in [0.05, 0.1) is 0 Å². The Labute approximate surface area is 140 Å². The van der Waals surface area contributed by atoms with Crippen LogP contribution in [0.4, 0.5) is 0 Å². The second-order valence-electron chi connectivity index (χ2n) is 8.28. The molecule has 0 saturated carbocycles. The summed E-state index contributed by atoms with van der Waals surface area (Å²) in [6.07, 6.45) is 21.9. The van der Waals surface area contributed by atoms with E-state index in [4.69, 9.17) is 0 Å². The van der Waals surface area contributed by atoms with Gasteiger partial charge < -0.3 is 0 Å². The standard InChI is InChI=1S/C22H40/c1-6-8-18-22(4,5)21-15-10-14-20(11-7-2)13-9-12-19(3)16-17-21/h6,8-9,13,19-21H,7,10-12,14-18H2,1-5H3. The Morgan fingerprint density at radius 2 is 1.91 bits per heavy atom. The lowest BCUT2D eigenvalue weighted by molar-refractivity contribution is 0.173. The Kier molecular flexibility index (Phi) is 9.13. The van der Waals surface area contributed by atoms with Crippen LogP contribution >= 0.6 is 0 Å². The van der Waals surface area contributed by atoms with Crippen molar-refractivity contribution in [1.29, 1.82) is 0 Å². The summed E-state index contributed by atoms with van der Waals surface area (Å²) in [5.41, 5.74) is 0.452. The minimum Gasteiger partial charge on any atom is -0.0916 e. The van der Waals surface area contributed by atoms with Crippen molar-refractivity contribution in [3.05, 3.63) is 24.3 Å². The zero-order valence-electron chi connectivity index (χ0n) is 15.9. The molecule has 0 N–H and O–H groups in total. The van der Waals surface area contributed by atoms with Gasteiger partial charge in [0.15, 0.2) is 0 Å². The fourth-order valence-electron chi connectivity index (χ4n) is 3.95. The molecule has 0 aromatic rings. The maximum atomic E-state index is 2.53. The van der Waals surface area contributed by atoms with Crippen LogP contribution < -0.4 is 0 Å². The Hall–Kier alpha value is -0.520. The van der Waals surface area contributed by atoms with E-state index < -0.39 is 0 Å². The van der Waals surface area contributed by atoms with E-state index in [1.54, 1.807) is 0 Å². The van der Waals surface area contributed by atoms with Gasteiger partial charge in [0.2, 0.25) is 0 Å². The van der Waals surface area contributed by atoms with Gasteiger partial charge in [-0.05, 0) is 68.6 Å². The number of allylic oxidation sites excluding steroid dienone is 4. The molecular formula is C22H40. The summed E-state index contributed by atoms with van der Waals surface area (Å²) in [7, 11) is 0. The second kappa shape index (κ2) is 10.3. The minimum atomic E-state index is 0.452. The minimum absolute atomic E-state index is 0.452. The van der Waals surface area contributed by atoms with Crippen LogP contribution in [0, 0.1) is 23.2 Å². The van der Waals surface area contributed by atoms with E-state index in [9.17, 15) is 0 Å². The largest absolute Gasteiger partial charge is 0.0916 e. The van der Waals surface area contributed by atoms with Crippen molar-refractivity contribution in [2.75, 3.05) is 0 Å². The summed E-state index contributed by atoms with van der Waals surface area (Å²) in [5.74, 6) is 2.55. The molecular weight excluding hydrogens is 264 g/mol. The molecule has 22 heavy (non-hydrogen) atoms. The summed E-state index contributed by atoms with van der Waals surface area (Å²) < 4.78 is 0. The van der Waals surface area contributed by atoms with Crippen LogP contribution in [0.2, 0.25) is 0 Å². The maximum absolute atomic E-state index is 2.53. The third-order valence-corrected chi connectivity index (χ3v) is 5.73. The first kappa shape index (κ1) is 19.5. The summed E-state index contributed by atoms with van der Waals surface area (Å²) in [6, 6.07) is 0. The molecule has 0 nitrogen and oxygen atoms in total. The third kappa shape index (κ3) is 7.16. The van der Waals surface area contributed by atoms with Crippen LogP contribution in [0.3, 0.4) is 0 Å². The van der Waals surface area contributed by atoms with E-state index in [0.29, 0.717) is 5.41 Å². The van der Waals surface area contributed by atoms with Gasteiger partial charge in [0.1, 0.15) is 0 Å². The van der Waals surface area contributed by atoms with Crippen LogP contribution in [-0.2, 0) is 0 Å². The van der Waals surface area contributed by atoms with Crippen LogP contribution in [0.25, 0.3) is 0 Å².